The lowest BCUT2D eigenvalue weighted by molar-refractivity contribution is -0.475. The molecule has 4 aliphatic heterocycles. The Morgan fingerprint density at radius 2 is 1.14 bits per heavy atom. The topological polar surface area (TPSA) is 202 Å². The first kappa shape index (κ1) is 43.5. The van der Waals surface area contributed by atoms with Gasteiger partial charge in [-0.15, -0.1) is 4.33 Å². The SMILES string of the molecule is COc1ccc(C2=CN3C(=O)c4cc(OC)c(OCCCOc5cc6c(cc5OC)C(=O)N5C=C(c7ccc(OC)cc7)C[C@H]5C(S(=O)(=O)O)N6)cc4NC(OOOS)[C@@H]3C2)cc1. The maximum Gasteiger partial charge on any atom is 0.288 e. The zero-order valence-electron chi connectivity index (χ0n) is 34.4. The van der Waals surface area contributed by atoms with Crippen LogP contribution in [0.15, 0.2) is 85.2 Å². The second-order valence-corrected chi connectivity index (χ2v) is 16.5. The number of rotatable bonds is 16. The molecule has 63 heavy (non-hydrogen) atoms. The lowest BCUT2D eigenvalue weighted by atomic mass is 10.0. The van der Waals surface area contributed by atoms with Crippen LogP contribution in [0, 0.1) is 0 Å². The molecule has 0 radical (unpaired) electrons. The number of thiol groups is 1. The summed E-state index contributed by atoms with van der Waals surface area (Å²) in [6.45, 7) is 0.241. The van der Waals surface area contributed by atoms with Crippen LogP contribution in [0.5, 0.6) is 34.5 Å². The number of amides is 2. The standard InChI is InChI=1S/C43H44N4O14S2/c1-53-28-10-6-24(7-11-28)26-16-34-40(59-60-61-62)44-32-20-38(36(55-3)18-30(32)42(48)46(34)22-26)57-14-5-15-58-39-21-33-31(19-37(39)56-4)43(49)47-23-27(25-8-12-29(54-2)13-9-25)17-35(47)41(45-33)63(50,51)52/h6-13,18-23,34-35,40-41,44-45,62H,5,14-17H2,1-4H3,(H,50,51,52)/t34-,35-,40?,41?/m0/s1. The highest BCUT2D eigenvalue weighted by atomic mass is 32.2. The molecule has 4 aromatic rings. The molecule has 4 atom stereocenters. The number of fused-ring (bicyclic) bond motifs is 4. The number of benzene rings is 4. The van der Waals surface area contributed by atoms with Crippen molar-refractivity contribution in [1.82, 2.24) is 9.80 Å². The molecule has 0 saturated heterocycles. The van der Waals surface area contributed by atoms with Crippen LogP contribution < -0.4 is 39.1 Å². The number of carbonyl (C=O) groups excluding carboxylic acids is 2. The van der Waals surface area contributed by atoms with Crippen molar-refractivity contribution in [2.24, 2.45) is 0 Å². The molecule has 0 fully saturated rings. The fourth-order valence-electron chi connectivity index (χ4n) is 8.08. The highest BCUT2D eigenvalue weighted by molar-refractivity contribution is 7.86. The summed E-state index contributed by atoms with van der Waals surface area (Å²) < 4.78 is 74.5. The lowest BCUT2D eigenvalue weighted by Gasteiger charge is -2.26. The molecule has 4 aliphatic rings. The first-order valence-electron chi connectivity index (χ1n) is 19.6. The molecular formula is C43H44N4O14S2. The Morgan fingerprint density at radius 1 is 0.667 bits per heavy atom. The van der Waals surface area contributed by atoms with Crippen LogP contribution in [-0.2, 0) is 24.4 Å². The molecule has 3 N–H and O–H groups in total. The van der Waals surface area contributed by atoms with E-state index in [2.05, 4.69) is 27.9 Å². The predicted molar refractivity (Wildman–Crippen MR) is 231 cm³/mol. The van der Waals surface area contributed by atoms with Gasteiger partial charge in [-0.1, -0.05) is 29.3 Å². The molecule has 2 amide bonds. The molecule has 0 bridgehead atoms. The van der Waals surface area contributed by atoms with Gasteiger partial charge in [0, 0.05) is 43.9 Å². The zero-order chi connectivity index (χ0) is 44.4. The summed E-state index contributed by atoms with van der Waals surface area (Å²) in [6.07, 6.45) is 3.40. The molecule has 0 aromatic heterocycles. The van der Waals surface area contributed by atoms with E-state index in [1.54, 1.807) is 55.8 Å². The van der Waals surface area contributed by atoms with Crippen LogP contribution in [0.2, 0.25) is 0 Å². The van der Waals surface area contributed by atoms with Crippen LogP contribution in [0.3, 0.4) is 0 Å². The first-order chi connectivity index (χ1) is 30.4. The average Bonchev–Trinajstić information content (AvgIpc) is 3.90. The quantitative estimate of drug-likeness (QED) is 0.0247. The summed E-state index contributed by atoms with van der Waals surface area (Å²) >= 11 is 3.63. The van der Waals surface area contributed by atoms with Crippen molar-refractivity contribution in [2.45, 2.75) is 42.9 Å². The molecule has 0 spiro atoms. The Hall–Kier alpha value is -6.16. The molecular weight excluding hydrogens is 861 g/mol. The van der Waals surface area contributed by atoms with Crippen molar-refractivity contribution in [2.75, 3.05) is 52.3 Å². The average molecular weight is 905 g/mol. The van der Waals surface area contributed by atoms with E-state index in [4.69, 9.17) is 38.3 Å². The van der Waals surface area contributed by atoms with Gasteiger partial charge in [0.15, 0.2) is 34.6 Å². The Bertz CT molecular complexity index is 2550. The van der Waals surface area contributed by atoms with Gasteiger partial charge >= 0.3 is 0 Å². The summed E-state index contributed by atoms with van der Waals surface area (Å²) in [5.41, 5.74) is 4.23. The number of ether oxygens (including phenoxy) is 6. The zero-order valence-corrected chi connectivity index (χ0v) is 36.1. The molecule has 20 heteroatoms. The minimum atomic E-state index is -4.72. The number of methoxy groups -OCH3 is 4. The van der Waals surface area contributed by atoms with Gasteiger partial charge < -0.3 is 48.9 Å². The Morgan fingerprint density at radius 3 is 1.60 bits per heavy atom. The van der Waals surface area contributed by atoms with Crippen LogP contribution in [-0.4, -0.2) is 99.9 Å². The van der Waals surface area contributed by atoms with Gasteiger partial charge in [0.05, 0.1) is 76.2 Å². The summed E-state index contributed by atoms with van der Waals surface area (Å²) in [4.78, 5) is 36.5. The van der Waals surface area contributed by atoms with Crippen LogP contribution in [0.4, 0.5) is 11.4 Å². The van der Waals surface area contributed by atoms with Crippen LogP contribution >= 0.6 is 12.9 Å². The third kappa shape index (κ3) is 8.77. The highest BCUT2D eigenvalue weighted by Gasteiger charge is 2.46. The lowest BCUT2D eigenvalue weighted by Crippen LogP contribution is -2.46. The molecule has 4 aromatic carbocycles. The highest BCUT2D eigenvalue weighted by Crippen LogP contribution is 2.44. The first-order valence-corrected chi connectivity index (χ1v) is 21.5. The predicted octanol–water partition coefficient (Wildman–Crippen LogP) is 6.20. The normalized spacial score (nSPS) is 20.1. The second kappa shape index (κ2) is 18.3. The van der Waals surface area contributed by atoms with Gasteiger partial charge in [0.25, 0.3) is 21.9 Å². The fraction of sp³-hybridized carbons (Fsp3) is 0.302. The summed E-state index contributed by atoms with van der Waals surface area (Å²) in [5, 5.41) is 9.34. The Kier molecular flexibility index (Phi) is 12.6. The summed E-state index contributed by atoms with van der Waals surface area (Å²) in [5.74, 6) is 1.62. The van der Waals surface area contributed by atoms with E-state index in [-0.39, 0.29) is 48.3 Å². The van der Waals surface area contributed by atoms with E-state index < -0.39 is 39.7 Å². The monoisotopic (exact) mass is 904 g/mol. The number of hydrogen-bond donors (Lipinski definition) is 4. The summed E-state index contributed by atoms with van der Waals surface area (Å²) in [7, 11) is 1.31. The van der Waals surface area contributed by atoms with Crippen molar-refractivity contribution >= 4 is 57.4 Å². The smallest absolute Gasteiger partial charge is 0.288 e. The molecule has 0 aliphatic carbocycles. The van der Waals surface area contributed by atoms with Gasteiger partial charge in [-0.3, -0.25) is 14.1 Å². The number of carbonyl (C=O) groups is 2. The largest absolute Gasteiger partial charge is 0.497 e. The van der Waals surface area contributed by atoms with E-state index in [1.807, 2.05) is 36.4 Å². The summed E-state index contributed by atoms with van der Waals surface area (Å²) in [6, 6.07) is 19.3. The molecule has 18 nitrogen and oxygen atoms in total. The Labute approximate surface area is 368 Å². The maximum absolute atomic E-state index is 14.1. The molecule has 4 heterocycles. The number of nitrogens with zero attached hydrogens (tertiary/aromatic N) is 2. The van der Waals surface area contributed by atoms with Crippen molar-refractivity contribution in [3.8, 4) is 34.5 Å². The maximum atomic E-state index is 14.1. The molecule has 332 valence electrons. The van der Waals surface area contributed by atoms with Gasteiger partial charge in [0.1, 0.15) is 11.5 Å². The van der Waals surface area contributed by atoms with Crippen molar-refractivity contribution in [1.29, 1.82) is 0 Å². The van der Waals surface area contributed by atoms with E-state index >= 15 is 0 Å². The van der Waals surface area contributed by atoms with Gasteiger partial charge in [0.2, 0.25) is 0 Å². The fourth-order valence-corrected chi connectivity index (χ4v) is 9.01. The number of anilines is 2. The number of nitrogens with one attached hydrogen (secondary N) is 2. The minimum Gasteiger partial charge on any atom is -0.497 e. The van der Waals surface area contributed by atoms with Gasteiger partial charge in [-0.25, -0.2) is 0 Å². The molecule has 2 unspecified atom stereocenters. The minimum absolute atomic E-state index is 0.105. The number of hydrogen-bond acceptors (Lipinski definition) is 16. The van der Waals surface area contributed by atoms with Crippen molar-refractivity contribution in [3.05, 3.63) is 107 Å². The second-order valence-electron chi connectivity index (χ2n) is 14.8. The van der Waals surface area contributed by atoms with Crippen molar-refractivity contribution in [3.63, 3.8) is 0 Å². The van der Waals surface area contributed by atoms with E-state index in [0.717, 1.165) is 16.7 Å². The molecule has 8 rings (SSSR count). The van der Waals surface area contributed by atoms with E-state index in [0.29, 0.717) is 52.7 Å². The van der Waals surface area contributed by atoms with Gasteiger partial charge in [-0.05, 0) is 71.5 Å². The molecule has 0 saturated carbocycles. The van der Waals surface area contributed by atoms with Crippen molar-refractivity contribution < 1.29 is 65.2 Å². The van der Waals surface area contributed by atoms with Gasteiger partial charge in [-0.2, -0.15) is 13.3 Å². The van der Waals surface area contributed by atoms with E-state index in [1.165, 1.54) is 31.3 Å². The third-order valence-corrected chi connectivity index (χ3v) is 12.3. The van der Waals surface area contributed by atoms with Crippen LogP contribution in [0.25, 0.3) is 11.1 Å². The van der Waals surface area contributed by atoms with Crippen LogP contribution in [0.1, 0.15) is 51.1 Å². The third-order valence-electron chi connectivity index (χ3n) is 11.2. The Balaban J connectivity index is 0.967. The van der Waals surface area contributed by atoms with E-state index in [9.17, 15) is 22.6 Å².